The molecule has 5 heteroatoms. The molecule has 3 rings (SSSR count). The number of benzene rings is 3. The van der Waals surface area contributed by atoms with Gasteiger partial charge in [-0.2, -0.15) is 4.99 Å². The van der Waals surface area contributed by atoms with Gasteiger partial charge in [-0.15, -0.1) is 0 Å². The van der Waals surface area contributed by atoms with Crippen molar-refractivity contribution in [3.8, 4) is 35.5 Å². The van der Waals surface area contributed by atoms with E-state index in [4.69, 9.17) is 0 Å². The molecule has 0 radical (unpaired) electrons. The normalized spacial score (nSPS) is 9.58. The minimum absolute atomic E-state index is 0.166. The first-order valence-corrected chi connectivity index (χ1v) is 11.8. The summed E-state index contributed by atoms with van der Waals surface area (Å²) in [5.41, 5.74) is 2.81. The summed E-state index contributed by atoms with van der Waals surface area (Å²) in [4.78, 5) is 3.38. The first-order valence-electron chi connectivity index (χ1n) is 11.4. The van der Waals surface area contributed by atoms with Crippen molar-refractivity contribution in [2.45, 2.75) is 39.5 Å². The smallest absolute Gasteiger partial charge is 0.153 e. The highest BCUT2D eigenvalue weighted by atomic mass is 32.1. The van der Waals surface area contributed by atoms with E-state index in [-0.39, 0.29) is 5.56 Å². The monoisotopic (exact) mass is 497 g/mol. The van der Waals surface area contributed by atoms with Crippen molar-refractivity contribution >= 4 is 23.1 Å². The largest absolute Gasteiger partial charge is 0.206 e. The van der Waals surface area contributed by atoms with Crippen molar-refractivity contribution in [3.05, 3.63) is 99.4 Å². The lowest BCUT2D eigenvalue weighted by Crippen LogP contribution is -1.88. The lowest BCUT2D eigenvalue weighted by molar-refractivity contribution is 0.587. The fraction of sp³-hybridized carbons (Fsp3) is 0.194. The zero-order valence-electron chi connectivity index (χ0n) is 19.9. The second-order valence-corrected chi connectivity index (χ2v) is 8.16. The molecule has 178 valence electrons. The molecule has 0 aliphatic rings. The Kier molecular flexibility index (Phi) is 9.68. The molecule has 1 nitrogen and oxygen atoms in total. The van der Waals surface area contributed by atoms with Gasteiger partial charge >= 0.3 is 0 Å². The molecule has 0 bridgehead atoms. The van der Waals surface area contributed by atoms with Gasteiger partial charge in [0.05, 0.1) is 10.7 Å². The second-order valence-electron chi connectivity index (χ2n) is 7.97. The number of aryl methyl sites for hydroxylation is 1. The molecule has 0 heterocycles. The molecule has 0 amide bonds. The van der Waals surface area contributed by atoms with Gasteiger partial charge in [0.2, 0.25) is 0 Å². The van der Waals surface area contributed by atoms with Crippen LogP contribution in [0.3, 0.4) is 0 Å². The molecule has 0 saturated heterocycles. The van der Waals surface area contributed by atoms with E-state index < -0.39 is 23.1 Å². The second kappa shape index (κ2) is 13.1. The van der Waals surface area contributed by atoms with E-state index in [0.29, 0.717) is 16.7 Å². The summed E-state index contributed by atoms with van der Waals surface area (Å²) in [6.07, 6.45) is 4.14. The van der Waals surface area contributed by atoms with Crippen LogP contribution in [0.1, 0.15) is 66.0 Å². The molecule has 0 fully saturated rings. The molecule has 0 spiro atoms. The molecule has 0 atom stereocenters. The van der Waals surface area contributed by atoms with Crippen molar-refractivity contribution in [2.75, 3.05) is 0 Å². The number of nitrogens with zero attached hydrogens (tertiary/aromatic N) is 1. The van der Waals surface area contributed by atoms with Gasteiger partial charge in [-0.1, -0.05) is 55.3 Å². The SMILES string of the molecule is CCCCCC#Cc1ccc(C#Cc2ccc(C#Cc3cc(F)c(N=C=S)c(F)c3)cc2C)c(F)c1. The average Bonchev–Trinajstić information content (AvgIpc) is 2.85. The number of unbranched alkanes of at least 4 members (excludes halogenated alkanes) is 3. The van der Waals surface area contributed by atoms with Crippen LogP contribution in [0.4, 0.5) is 18.9 Å². The van der Waals surface area contributed by atoms with Crippen molar-refractivity contribution < 1.29 is 13.2 Å². The van der Waals surface area contributed by atoms with Crippen LogP contribution in [0.2, 0.25) is 0 Å². The Balaban J connectivity index is 1.74. The molecule has 3 aromatic rings. The minimum atomic E-state index is -0.863. The molecule has 36 heavy (non-hydrogen) atoms. The fourth-order valence-corrected chi connectivity index (χ4v) is 3.36. The molecular weight excluding hydrogens is 475 g/mol. The summed E-state index contributed by atoms with van der Waals surface area (Å²) in [6, 6.07) is 12.3. The van der Waals surface area contributed by atoms with Gasteiger partial charge in [-0.25, -0.2) is 13.2 Å². The van der Waals surface area contributed by atoms with E-state index in [1.54, 1.807) is 24.3 Å². The van der Waals surface area contributed by atoms with Gasteiger partial charge in [0.25, 0.3) is 0 Å². The van der Waals surface area contributed by atoms with E-state index in [1.165, 1.54) is 6.07 Å². The number of halogens is 3. The Labute approximate surface area is 215 Å². The first-order chi connectivity index (χ1) is 17.4. The summed E-state index contributed by atoms with van der Waals surface area (Å²) in [5.74, 6) is 15.4. The highest BCUT2D eigenvalue weighted by Gasteiger charge is 2.09. The molecule has 0 aliphatic carbocycles. The van der Waals surface area contributed by atoms with Crippen LogP contribution < -0.4 is 0 Å². The van der Waals surface area contributed by atoms with Gasteiger partial charge in [0.15, 0.2) is 11.6 Å². The maximum Gasteiger partial charge on any atom is 0.153 e. The average molecular weight is 498 g/mol. The Hall–Kier alpha value is -4.07. The zero-order chi connectivity index (χ0) is 25.9. The number of hydrogen-bond acceptors (Lipinski definition) is 2. The third-order valence-electron chi connectivity index (χ3n) is 5.19. The van der Waals surface area contributed by atoms with Crippen LogP contribution in [0.25, 0.3) is 0 Å². The number of thiocarbonyl (C=S) groups is 1. The predicted octanol–water partition coefficient (Wildman–Crippen LogP) is 7.88. The first kappa shape index (κ1) is 26.5. The topological polar surface area (TPSA) is 12.4 Å². The van der Waals surface area contributed by atoms with E-state index in [9.17, 15) is 13.2 Å². The number of aliphatic imine (C=N–C) groups is 1. The van der Waals surface area contributed by atoms with Crippen LogP contribution in [0.5, 0.6) is 0 Å². The third-order valence-corrected chi connectivity index (χ3v) is 5.28. The quantitative estimate of drug-likeness (QED) is 0.155. The lowest BCUT2D eigenvalue weighted by atomic mass is 10.0. The Bertz CT molecular complexity index is 1490. The fourth-order valence-electron chi connectivity index (χ4n) is 3.27. The standard InChI is InChI=1S/C31H22F3NS/c1-3-4-5-6-7-8-23-12-14-27(28(32)18-23)16-15-26-13-11-24(17-22(26)2)9-10-25-19-29(33)31(35-21-36)30(34)20-25/h11-14,17-20H,3-6H2,1-2H3. The third kappa shape index (κ3) is 7.46. The van der Waals surface area contributed by atoms with E-state index in [0.717, 1.165) is 48.9 Å². The summed E-state index contributed by atoms with van der Waals surface area (Å²) in [7, 11) is 0. The van der Waals surface area contributed by atoms with Gasteiger partial charge in [0.1, 0.15) is 11.5 Å². The lowest BCUT2D eigenvalue weighted by Gasteiger charge is -2.00. The Morgan fingerprint density at radius 1 is 0.722 bits per heavy atom. The molecule has 0 aromatic heterocycles. The van der Waals surface area contributed by atoms with Crippen molar-refractivity contribution in [3.63, 3.8) is 0 Å². The molecular formula is C31H22F3NS. The highest BCUT2D eigenvalue weighted by Crippen LogP contribution is 2.23. The van der Waals surface area contributed by atoms with Crippen LogP contribution in [0.15, 0.2) is 53.5 Å². The molecule has 0 unspecified atom stereocenters. The van der Waals surface area contributed by atoms with Crippen molar-refractivity contribution in [2.24, 2.45) is 4.99 Å². The van der Waals surface area contributed by atoms with E-state index in [1.807, 2.05) is 18.2 Å². The molecule has 3 aromatic carbocycles. The van der Waals surface area contributed by atoms with Crippen LogP contribution in [0, 0.1) is 59.9 Å². The summed E-state index contributed by atoms with van der Waals surface area (Å²) in [5, 5.41) is 1.95. The van der Waals surface area contributed by atoms with Crippen LogP contribution in [-0.2, 0) is 0 Å². The Morgan fingerprint density at radius 2 is 1.33 bits per heavy atom. The van der Waals surface area contributed by atoms with E-state index in [2.05, 4.69) is 59.7 Å². The van der Waals surface area contributed by atoms with Crippen molar-refractivity contribution in [1.29, 1.82) is 0 Å². The van der Waals surface area contributed by atoms with Crippen molar-refractivity contribution in [1.82, 2.24) is 0 Å². The van der Waals surface area contributed by atoms with Crippen LogP contribution >= 0.6 is 12.2 Å². The molecule has 0 N–H and O–H groups in total. The molecule has 0 aliphatic heterocycles. The summed E-state index contributed by atoms with van der Waals surface area (Å²) < 4.78 is 42.4. The Morgan fingerprint density at radius 3 is 1.97 bits per heavy atom. The van der Waals surface area contributed by atoms with Gasteiger partial charge in [-0.05, 0) is 79.7 Å². The summed E-state index contributed by atoms with van der Waals surface area (Å²) >= 11 is 4.40. The van der Waals surface area contributed by atoms with Gasteiger partial charge < -0.3 is 0 Å². The minimum Gasteiger partial charge on any atom is -0.206 e. The predicted molar refractivity (Wildman–Crippen MR) is 142 cm³/mol. The maximum absolute atomic E-state index is 14.5. The summed E-state index contributed by atoms with van der Waals surface area (Å²) in [6.45, 7) is 4.00. The van der Waals surface area contributed by atoms with Gasteiger partial charge in [-0.3, -0.25) is 0 Å². The van der Waals surface area contributed by atoms with Gasteiger partial charge in [0, 0.05) is 28.7 Å². The molecule has 0 saturated carbocycles. The number of isothiocyanates is 1. The highest BCUT2D eigenvalue weighted by molar-refractivity contribution is 7.78. The maximum atomic E-state index is 14.5. The number of rotatable bonds is 4. The number of hydrogen-bond donors (Lipinski definition) is 0. The van der Waals surface area contributed by atoms with Crippen LogP contribution in [-0.4, -0.2) is 5.16 Å². The van der Waals surface area contributed by atoms with E-state index >= 15 is 0 Å². The zero-order valence-corrected chi connectivity index (χ0v) is 20.8.